The highest BCUT2D eigenvalue weighted by atomic mass is 19.4. The second-order valence-corrected chi connectivity index (χ2v) is 4.42. The summed E-state index contributed by atoms with van der Waals surface area (Å²) in [4.78, 5) is 21.6. The van der Waals surface area contributed by atoms with Gasteiger partial charge in [0.05, 0.1) is 6.42 Å². The van der Waals surface area contributed by atoms with Gasteiger partial charge in [-0.3, -0.25) is 9.59 Å². The number of amides is 1. The summed E-state index contributed by atoms with van der Waals surface area (Å²) in [5.41, 5.74) is 0. The molecule has 0 aromatic rings. The molecule has 7 heteroatoms. The number of aliphatic carboxylic acids is 1. The van der Waals surface area contributed by atoms with Gasteiger partial charge in [0, 0.05) is 6.42 Å². The third-order valence-corrected chi connectivity index (χ3v) is 2.62. The number of hydrogen-bond donors (Lipinski definition) is 2. The number of carboxylic acids is 1. The molecule has 0 aliphatic rings. The van der Waals surface area contributed by atoms with Crippen LogP contribution in [0.1, 0.15) is 51.9 Å². The molecule has 0 heterocycles. The van der Waals surface area contributed by atoms with Crippen LogP contribution < -0.4 is 5.32 Å². The van der Waals surface area contributed by atoms with E-state index < -0.39 is 30.5 Å². The van der Waals surface area contributed by atoms with Crippen LogP contribution in [0.25, 0.3) is 0 Å². The van der Waals surface area contributed by atoms with Gasteiger partial charge in [-0.15, -0.1) is 0 Å². The Balaban J connectivity index is 4.07. The number of carboxylic acid groups (broad SMARTS) is 1. The van der Waals surface area contributed by atoms with Crippen molar-refractivity contribution in [2.24, 2.45) is 0 Å². The molecule has 0 fully saturated rings. The first-order chi connectivity index (χ1) is 8.77. The Hall–Kier alpha value is -1.27. The van der Waals surface area contributed by atoms with Gasteiger partial charge in [0.15, 0.2) is 0 Å². The van der Waals surface area contributed by atoms with E-state index in [1.165, 1.54) is 0 Å². The van der Waals surface area contributed by atoms with Gasteiger partial charge in [-0.2, -0.15) is 13.2 Å². The maximum absolute atomic E-state index is 12.5. The monoisotopic (exact) mass is 283 g/mol. The van der Waals surface area contributed by atoms with Gasteiger partial charge in [0.25, 0.3) is 0 Å². The Labute approximate surface area is 110 Å². The van der Waals surface area contributed by atoms with Crippen LogP contribution in [0.3, 0.4) is 0 Å². The normalized spacial score (nSPS) is 13.1. The molecule has 0 unspecified atom stereocenters. The van der Waals surface area contributed by atoms with Crippen LogP contribution in [0.4, 0.5) is 13.2 Å². The van der Waals surface area contributed by atoms with Crippen LogP contribution in [-0.2, 0) is 9.59 Å². The van der Waals surface area contributed by atoms with Crippen LogP contribution in [0.2, 0.25) is 0 Å². The summed E-state index contributed by atoms with van der Waals surface area (Å²) in [6.07, 6.45) is -1.56. The molecule has 19 heavy (non-hydrogen) atoms. The van der Waals surface area contributed by atoms with Crippen LogP contribution in [0.15, 0.2) is 0 Å². The first-order valence-electron chi connectivity index (χ1n) is 6.35. The highest BCUT2D eigenvalue weighted by Crippen LogP contribution is 2.22. The predicted molar refractivity (Wildman–Crippen MR) is 63.6 cm³/mol. The third-order valence-electron chi connectivity index (χ3n) is 2.62. The zero-order valence-corrected chi connectivity index (χ0v) is 10.9. The van der Waals surface area contributed by atoms with Crippen molar-refractivity contribution in [3.05, 3.63) is 0 Å². The number of alkyl halides is 3. The molecule has 0 bridgehead atoms. The number of unbranched alkanes of at least 4 members (excludes halogenated alkanes) is 4. The van der Waals surface area contributed by atoms with Crippen molar-refractivity contribution in [1.29, 1.82) is 0 Å². The lowest BCUT2D eigenvalue weighted by Gasteiger charge is -2.19. The van der Waals surface area contributed by atoms with Gasteiger partial charge in [0.2, 0.25) is 5.91 Å². The Bertz CT molecular complexity index is 292. The van der Waals surface area contributed by atoms with Crippen molar-refractivity contribution in [2.75, 3.05) is 0 Å². The number of carbonyl (C=O) groups excluding carboxylic acids is 1. The van der Waals surface area contributed by atoms with Gasteiger partial charge >= 0.3 is 12.1 Å². The molecule has 2 N–H and O–H groups in total. The standard InChI is InChI=1S/C12H20F3NO3/c1-2-3-4-5-6-7-10(17)16-9(8-11(18)19)12(13,14)15/h9H,2-8H2,1H3,(H,16,17)(H,18,19)/t9-/m1/s1. The number of rotatable bonds is 9. The van der Waals surface area contributed by atoms with E-state index in [1.54, 1.807) is 5.32 Å². The summed E-state index contributed by atoms with van der Waals surface area (Å²) in [5, 5.41) is 10.1. The van der Waals surface area contributed by atoms with E-state index in [9.17, 15) is 22.8 Å². The Morgan fingerprint density at radius 1 is 1.16 bits per heavy atom. The molecule has 112 valence electrons. The summed E-state index contributed by atoms with van der Waals surface area (Å²) in [6, 6.07) is -2.31. The van der Waals surface area contributed by atoms with E-state index in [0.717, 1.165) is 25.7 Å². The summed E-state index contributed by atoms with van der Waals surface area (Å²) in [7, 11) is 0. The zero-order chi connectivity index (χ0) is 14.9. The van der Waals surface area contributed by atoms with E-state index >= 15 is 0 Å². The highest BCUT2D eigenvalue weighted by Gasteiger charge is 2.41. The van der Waals surface area contributed by atoms with E-state index in [4.69, 9.17) is 5.11 Å². The molecule has 1 atom stereocenters. The van der Waals surface area contributed by atoms with Gasteiger partial charge in [-0.25, -0.2) is 0 Å². The average Bonchev–Trinajstić information content (AvgIpc) is 2.26. The van der Waals surface area contributed by atoms with Gasteiger partial charge in [-0.1, -0.05) is 32.6 Å². The van der Waals surface area contributed by atoms with Crippen LogP contribution in [0, 0.1) is 0 Å². The second kappa shape index (κ2) is 8.77. The van der Waals surface area contributed by atoms with Crippen LogP contribution >= 0.6 is 0 Å². The predicted octanol–water partition coefficient (Wildman–Crippen LogP) is 2.87. The quantitative estimate of drug-likeness (QED) is 0.639. The SMILES string of the molecule is CCCCCCCC(=O)N[C@H](CC(=O)O)C(F)(F)F. The van der Waals surface area contributed by atoms with Crippen molar-refractivity contribution in [1.82, 2.24) is 5.32 Å². The maximum atomic E-state index is 12.5. The van der Waals surface area contributed by atoms with Gasteiger partial charge < -0.3 is 10.4 Å². The summed E-state index contributed by atoms with van der Waals surface area (Å²) >= 11 is 0. The fourth-order valence-electron chi connectivity index (χ4n) is 1.58. The molecule has 0 saturated heterocycles. The van der Waals surface area contributed by atoms with Crippen LogP contribution in [-0.4, -0.2) is 29.2 Å². The van der Waals surface area contributed by atoms with Gasteiger partial charge in [-0.05, 0) is 6.42 Å². The largest absolute Gasteiger partial charge is 0.481 e. The minimum Gasteiger partial charge on any atom is -0.481 e. The molecular weight excluding hydrogens is 263 g/mol. The lowest BCUT2D eigenvalue weighted by Crippen LogP contribution is -2.46. The van der Waals surface area contributed by atoms with Crippen molar-refractivity contribution < 1.29 is 27.9 Å². The zero-order valence-electron chi connectivity index (χ0n) is 10.9. The lowest BCUT2D eigenvalue weighted by atomic mass is 10.1. The Kier molecular flexibility index (Phi) is 8.18. The topological polar surface area (TPSA) is 66.4 Å². The van der Waals surface area contributed by atoms with E-state index in [-0.39, 0.29) is 6.42 Å². The lowest BCUT2D eigenvalue weighted by molar-refractivity contribution is -0.170. The molecule has 0 rings (SSSR count). The first kappa shape index (κ1) is 17.7. The molecule has 0 radical (unpaired) electrons. The van der Waals surface area contributed by atoms with Crippen molar-refractivity contribution in [3.8, 4) is 0 Å². The van der Waals surface area contributed by atoms with E-state index in [2.05, 4.69) is 0 Å². The van der Waals surface area contributed by atoms with Crippen molar-refractivity contribution in [3.63, 3.8) is 0 Å². The summed E-state index contributed by atoms with van der Waals surface area (Å²) < 4.78 is 37.4. The van der Waals surface area contributed by atoms with E-state index in [0.29, 0.717) is 6.42 Å². The molecule has 0 spiro atoms. The molecule has 0 aliphatic heterocycles. The molecule has 4 nitrogen and oxygen atoms in total. The molecule has 0 saturated carbocycles. The van der Waals surface area contributed by atoms with Crippen LogP contribution in [0.5, 0.6) is 0 Å². The molecule has 0 aliphatic carbocycles. The smallest absolute Gasteiger partial charge is 0.409 e. The fraction of sp³-hybridized carbons (Fsp3) is 0.833. The number of carbonyl (C=O) groups is 2. The number of halogens is 3. The van der Waals surface area contributed by atoms with Crippen molar-refractivity contribution in [2.45, 2.75) is 64.1 Å². The highest BCUT2D eigenvalue weighted by molar-refractivity contribution is 5.77. The molecule has 1 amide bonds. The first-order valence-corrected chi connectivity index (χ1v) is 6.35. The average molecular weight is 283 g/mol. The summed E-state index contributed by atoms with van der Waals surface area (Å²) in [6.45, 7) is 2.03. The second-order valence-electron chi connectivity index (χ2n) is 4.42. The Morgan fingerprint density at radius 3 is 2.21 bits per heavy atom. The van der Waals surface area contributed by atoms with Crippen molar-refractivity contribution >= 4 is 11.9 Å². The minimum absolute atomic E-state index is 0.00405. The van der Waals surface area contributed by atoms with E-state index in [1.807, 2.05) is 6.92 Å². The Morgan fingerprint density at radius 2 is 1.74 bits per heavy atom. The molecule has 0 aromatic heterocycles. The fourth-order valence-corrected chi connectivity index (χ4v) is 1.58. The summed E-state index contributed by atoms with van der Waals surface area (Å²) in [5.74, 6) is -2.34. The minimum atomic E-state index is -4.74. The molecular formula is C12H20F3NO3. The number of hydrogen-bond acceptors (Lipinski definition) is 2. The third kappa shape index (κ3) is 9.32. The number of nitrogens with one attached hydrogen (secondary N) is 1. The molecule has 0 aromatic carbocycles. The maximum Gasteiger partial charge on any atom is 0.409 e. The van der Waals surface area contributed by atoms with Gasteiger partial charge in [0.1, 0.15) is 6.04 Å².